The van der Waals surface area contributed by atoms with Crippen molar-refractivity contribution in [2.24, 2.45) is 0 Å². The molecule has 2 rings (SSSR count). The van der Waals surface area contributed by atoms with Crippen molar-refractivity contribution in [3.8, 4) is 0 Å². The molecule has 1 saturated heterocycles. The van der Waals surface area contributed by atoms with Crippen LogP contribution in [0.1, 0.15) is 59.3 Å². The van der Waals surface area contributed by atoms with Gasteiger partial charge in [0.15, 0.2) is 0 Å². The minimum atomic E-state index is 0.172. The van der Waals surface area contributed by atoms with Crippen LogP contribution >= 0.6 is 0 Å². The van der Waals surface area contributed by atoms with Crippen LogP contribution in [0.3, 0.4) is 0 Å². The molecule has 1 amide bonds. The predicted octanol–water partition coefficient (Wildman–Crippen LogP) is 1.90. The summed E-state index contributed by atoms with van der Waals surface area (Å²) in [5, 5.41) is 6.57. The minimum Gasteiger partial charge on any atom is -0.352 e. The lowest BCUT2D eigenvalue weighted by Gasteiger charge is -2.41. The number of carbonyl (C=O) groups excluding carboxylic acids is 1. The number of piperidine rings is 1. The molecular weight excluding hydrogens is 250 g/mol. The van der Waals surface area contributed by atoms with Crippen LogP contribution in [0.2, 0.25) is 0 Å². The Kier molecular flexibility index (Phi) is 5.44. The minimum absolute atomic E-state index is 0.172. The first kappa shape index (κ1) is 15.8. The molecule has 1 saturated carbocycles. The first-order chi connectivity index (χ1) is 9.45. The van der Waals surface area contributed by atoms with E-state index in [0.29, 0.717) is 18.6 Å². The second-order valence-electron chi connectivity index (χ2n) is 7.36. The number of rotatable bonds is 4. The molecule has 0 bridgehead atoms. The van der Waals surface area contributed by atoms with Crippen LogP contribution in [-0.4, -0.2) is 48.1 Å². The fraction of sp³-hybridized carbons (Fsp3) is 0.938. The third-order valence-electron chi connectivity index (χ3n) is 4.72. The molecule has 0 aromatic heterocycles. The van der Waals surface area contributed by atoms with Gasteiger partial charge in [-0.1, -0.05) is 12.8 Å². The average Bonchev–Trinajstić information content (AvgIpc) is 2.89. The smallest absolute Gasteiger partial charge is 0.234 e. The SMILES string of the molecule is CC(C)(C)N1CCC(NC(=O)CNC2CCCC2)CC1. The van der Waals surface area contributed by atoms with Crippen molar-refractivity contribution in [1.82, 2.24) is 15.5 Å². The Bertz CT molecular complexity index is 310. The molecule has 0 aromatic carbocycles. The van der Waals surface area contributed by atoms with Gasteiger partial charge in [-0.2, -0.15) is 0 Å². The third-order valence-corrected chi connectivity index (χ3v) is 4.72. The van der Waals surface area contributed by atoms with Gasteiger partial charge in [0.1, 0.15) is 0 Å². The zero-order valence-corrected chi connectivity index (χ0v) is 13.4. The Balaban J connectivity index is 1.63. The lowest BCUT2D eigenvalue weighted by molar-refractivity contribution is -0.121. The molecule has 20 heavy (non-hydrogen) atoms. The van der Waals surface area contributed by atoms with Crippen LogP contribution in [0.15, 0.2) is 0 Å². The fourth-order valence-corrected chi connectivity index (χ4v) is 3.34. The van der Waals surface area contributed by atoms with Crippen molar-refractivity contribution < 1.29 is 4.79 Å². The van der Waals surface area contributed by atoms with E-state index >= 15 is 0 Å². The molecule has 116 valence electrons. The van der Waals surface area contributed by atoms with Crippen molar-refractivity contribution in [2.45, 2.75) is 76.9 Å². The summed E-state index contributed by atoms with van der Waals surface area (Å²) in [5.41, 5.74) is 0.249. The molecule has 0 radical (unpaired) electrons. The van der Waals surface area contributed by atoms with Gasteiger partial charge in [-0.25, -0.2) is 0 Å². The first-order valence-corrected chi connectivity index (χ1v) is 8.23. The summed E-state index contributed by atoms with van der Waals surface area (Å²) >= 11 is 0. The summed E-state index contributed by atoms with van der Waals surface area (Å²) in [7, 11) is 0. The van der Waals surface area contributed by atoms with E-state index in [0.717, 1.165) is 25.9 Å². The van der Waals surface area contributed by atoms with E-state index in [9.17, 15) is 4.79 Å². The first-order valence-electron chi connectivity index (χ1n) is 8.23. The van der Waals surface area contributed by atoms with Crippen molar-refractivity contribution >= 4 is 5.91 Å². The lowest BCUT2D eigenvalue weighted by Crippen LogP contribution is -2.52. The number of nitrogens with zero attached hydrogens (tertiary/aromatic N) is 1. The third kappa shape index (κ3) is 4.74. The van der Waals surface area contributed by atoms with Gasteiger partial charge >= 0.3 is 0 Å². The normalized spacial score (nSPS) is 23.1. The molecule has 1 aliphatic carbocycles. The van der Waals surface area contributed by atoms with Gasteiger partial charge in [0, 0.05) is 30.7 Å². The Morgan fingerprint density at radius 1 is 1.05 bits per heavy atom. The quantitative estimate of drug-likeness (QED) is 0.827. The number of amides is 1. The van der Waals surface area contributed by atoms with Crippen molar-refractivity contribution in [3.05, 3.63) is 0 Å². The molecule has 2 fully saturated rings. The monoisotopic (exact) mass is 281 g/mol. The predicted molar refractivity (Wildman–Crippen MR) is 82.7 cm³/mol. The number of likely N-dealkylation sites (tertiary alicyclic amines) is 1. The second kappa shape index (κ2) is 6.90. The highest BCUT2D eigenvalue weighted by Crippen LogP contribution is 2.20. The Labute approximate surface area is 123 Å². The molecule has 1 heterocycles. The summed E-state index contributed by atoms with van der Waals surface area (Å²) in [4.78, 5) is 14.5. The summed E-state index contributed by atoms with van der Waals surface area (Å²) in [6.07, 6.45) is 7.24. The number of nitrogens with one attached hydrogen (secondary N) is 2. The zero-order valence-electron chi connectivity index (χ0n) is 13.4. The molecule has 2 aliphatic rings. The van der Waals surface area contributed by atoms with Crippen LogP contribution in [0.5, 0.6) is 0 Å². The summed E-state index contributed by atoms with van der Waals surface area (Å²) in [6.45, 7) is 9.45. The van der Waals surface area contributed by atoms with Crippen LogP contribution in [0.25, 0.3) is 0 Å². The lowest BCUT2D eigenvalue weighted by atomic mass is 9.98. The van der Waals surface area contributed by atoms with Crippen molar-refractivity contribution in [3.63, 3.8) is 0 Å². The average molecular weight is 281 g/mol. The van der Waals surface area contributed by atoms with E-state index in [4.69, 9.17) is 0 Å². The molecule has 0 aromatic rings. The summed E-state index contributed by atoms with van der Waals surface area (Å²) < 4.78 is 0. The molecule has 4 heteroatoms. The van der Waals surface area contributed by atoms with Crippen molar-refractivity contribution in [1.29, 1.82) is 0 Å². The maximum absolute atomic E-state index is 12.0. The highest BCUT2D eigenvalue weighted by Gasteiger charge is 2.27. The zero-order chi connectivity index (χ0) is 14.6. The number of carbonyl (C=O) groups is 1. The van der Waals surface area contributed by atoms with Gasteiger partial charge in [-0.3, -0.25) is 9.69 Å². The van der Waals surface area contributed by atoms with Crippen LogP contribution < -0.4 is 10.6 Å². The van der Waals surface area contributed by atoms with Gasteiger partial charge in [0.25, 0.3) is 0 Å². The van der Waals surface area contributed by atoms with E-state index in [2.05, 4.69) is 36.3 Å². The second-order valence-corrected chi connectivity index (χ2v) is 7.36. The number of hydrogen-bond donors (Lipinski definition) is 2. The maximum Gasteiger partial charge on any atom is 0.234 e. The van der Waals surface area contributed by atoms with E-state index < -0.39 is 0 Å². The van der Waals surface area contributed by atoms with Gasteiger partial charge < -0.3 is 10.6 Å². The Morgan fingerprint density at radius 2 is 1.65 bits per heavy atom. The molecule has 0 spiro atoms. The van der Waals surface area contributed by atoms with Crippen LogP contribution in [-0.2, 0) is 4.79 Å². The molecule has 4 nitrogen and oxygen atoms in total. The van der Waals surface area contributed by atoms with Crippen LogP contribution in [0.4, 0.5) is 0 Å². The molecule has 0 unspecified atom stereocenters. The maximum atomic E-state index is 12.0. The van der Waals surface area contributed by atoms with E-state index in [1.165, 1.54) is 25.7 Å². The van der Waals surface area contributed by atoms with Crippen molar-refractivity contribution in [2.75, 3.05) is 19.6 Å². The Morgan fingerprint density at radius 3 is 2.20 bits per heavy atom. The Hall–Kier alpha value is -0.610. The molecular formula is C16H31N3O. The van der Waals surface area contributed by atoms with E-state index in [1.807, 2.05) is 0 Å². The summed E-state index contributed by atoms with van der Waals surface area (Å²) in [6, 6.07) is 0.940. The topological polar surface area (TPSA) is 44.4 Å². The summed E-state index contributed by atoms with van der Waals surface area (Å²) in [5.74, 6) is 0.172. The van der Waals surface area contributed by atoms with Gasteiger partial charge in [-0.05, 0) is 46.5 Å². The van der Waals surface area contributed by atoms with E-state index in [1.54, 1.807) is 0 Å². The highest BCUT2D eigenvalue weighted by molar-refractivity contribution is 5.78. The highest BCUT2D eigenvalue weighted by atomic mass is 16.2. The van der Waals surface area contributed by atoms with E-state index in [-0.39, 0.29) is 11.4 Å². The molecule has 2 N–H and O–H groups in total. The molecule has 1 aliphatic heterocycles. The van der Waals surface area contributed by atoms with Crippen LogP contribution in [0, 0.1) is 0 Å². The standard InChI is InChI=1S/C16H31N3O/c1-16(2,3)19-10-8-14(9-11-19)18-15(20)12-17-13-6-4-5-7-13/h13-14,17H,4-12H2,1-3H3,(H,18,20). The largest absolute Gasteiger partial charge is 0.352 e. The van der Waals surface area contributed by atoms with Gasteiger partial charge in [0.2, 0.25) is 5.91 Å². The fourth-order valence-electron chi connectivity index (χ4n) is 3.34. The number of hydrogen-bond acceptors (Lipinski definition) is 3. The molecule has 0 atom stereocenters. The van der Waals surface area contributed by atoms with Gasteiger partial charge in [-0.15, -0.1) is 0 Å². The van der Waals surface area contributed by atoms with Gasteiger partial charge in [0.05, 0.1) is 6.54 Å².